The van der Waals surface area contributed by atoms with Crippen LogP contribution in [0.2, 0.25) is 0 Å². The van der Waals surface area contributed by atoms with E-state index in [1.807, 2.05) is 14.0 Å². The van der Waals surface area contributed by atoms with Gasteiger partial charge in [-0.3, -0.25) is 0 Å². The van der Waals surface area contributed by atoms with E-state index in [-0.39, 0.29) is 6.10 Å². The molecule has 2 rings (SSSR count). The molecule has 2 N–H and O–H groups in total. The van der Waals surface area contributed by atoms with Crippen LogP contribution in [0.1, 0.15) is 30.1 Å². The molecule has 1 aliphatic carbocycles. The van der Waals surface area contributed by atoms with Crippen LogP contribution >= 0.6 is 0 Å². The van der Waals surface area contributed by atoms with Crippen molar-refractivity contribution in [1.29, 1.82) is 0 Å². The summed E-state index contributed by atoms with van der Waals surface area (Å²) < 4.78 is 2.19. The van der Waals surface area contributed by atoms with E-state index in [4.69, 9.17) is 0 Å². The molecule has 0 aliphatic heterocycles. The van der Waals surface area contributed by atoms with E-state index < -0.39 is 0 Å². The van der Waals surface area contributed by atoms with Crippen LogP contribution < -0.4 is 5.32 Å². The van der Waals surface area contributed by atoms with Crippen molar-refractivity contribution in [2.24, 2.45) is 0 Å². The molecule has 0 saturated carbocycles. The highest BCUT2D eigenvalue weighted by Crippen LogP contribution is 2.22. The van der Waals surface area contributed by atoms with Crippen LogP contribution in [0.4, 0.5) is 0 Å². The third kappa shape index (κ3) is 2.28. The van der Waals surface area contributed by atoms with E-state index in [1.165, 1.54) is 24.2 Å². The van der Waals surface area contributed by atoms with Crippen molar-refractivity contribution < 1.29 is 5.11 Å². The fourth-order valence-corrected chi connectivity index (χ4v) is 2.49. The second-order valence-corrected chi connectivity index (χ2v) is 4.58. The molecule has 1 aromatic heterocycles. The van der Waals surface area contributed by atoms with Gasteiger partial charge >= 0.3 is 0 Å². The summed E-state index contributed by atoms with van der Waals surface area (Å²) in [6.07, 6.45) is 4.39. The Morgan fingerprint density at radius 3 is 2.94 bits per heavy atom. The molecule has 0 fully saturated rings. The first-order valence-corrected chi connectivity index (χ1v) is 6.10. The second-order valence-electron chi connectivity index (χ2n) is 4.58. The van der Waals surface area contributed by atoms with Crippen molar-refractivity contribution >= 4 is 0 Å². The van der Waals surface area contributed by atoms with Gasteiger partial charge in [-0.2, -0.15) is 0 Å². The Kier molecular flexibility index (Phi) is 3.61. The average molecular weight is 223 g/mol. The minimum Gasteiger partial charge on any atom is -0.390 e. The van der Waals surface area contributed by atoms with Crippen molar-refractivity contribution in [2.45, 2.75) is 45.3 Å². The zero-order valence-electron chi connectivity index (χ0n) is 10.2. The van der Waals surface area contributed by atoms with Gasteiger partial charge in [0.1, 0.15) is 5.82 Å². The third-order valence-electron chi connectivity index (χ3n) is 3.26. The highest BCUT2D eigenvalue weighted by molar-refractivity contribution is 5.20. The molecule has 0 radical (unpaired) electrons. The molecule has 0 aromatic carbocycles. The summed E-state index contributed by atoms with van der Waals surface area (Å²) in [4.78, 5) is 4.60. The topological polar surface area (TPSA) is 50.1 Å². The van der Waals surface area contributed by atoms with E-state index in [0.29, 0.717) is 13.1 Å². The zero-order chi connectivity index (χ0) is 11.5. The van der Waals surface area contributed by atoms with Crippen molar-refractivity contribution in [1.82, 2.24) is 14.9 Å². The summed E-state index contributed by atoms with van der Waals surface area (Å²) in [6, 6.07) is 0. The monoisotopic (exact) mass is 223 g/mol. The standard InChI is InChI=1S/C12H21N3O/c1-9-14-11-5-3-4-6-12(11)15(9)8-10(16)7-13-2/h10,13,16H,3-8H2,1-2H3. The molecular weight excluding hydrogens is 202 g/mol. The lowest BCUT2D eigenvalue weighted by Crippen LogP contribution is -2.29. The Hall–Kier alpha value is -0.870. The average Bonchev–Trinajstić information content (AvgIpc) is 2.56. The Morgan fingerprint density at radius 2 is 2.19 bits per heavy atom. The Bertz CT molecular complexity index is 359. The molecule has 1 heterocycles. The lowest BCUT2D eigenvalue weighted by Gasteiger charge is -2.17. The van der Waals surface area contributed by atoms with Gasteiger partial charge in [0, 0.05) is 12.2 Å². The number of aryl methyl sites for hydroxylation is 2. The first-order valence-electron chi connectivity index (χ1n) is 6.10. The number of imidazole rings is 1. The highest BCUT2D eigenvalue weighted by Gasteiger charge is 2.19. The van der Waals surface area contributed by atoms with E-state index >= 15 is 0 Å². The number of aromatic nitrogens is 2. The van der Waals surface area contributed by atoms with Gasteiger partial charge in [-0.15, -0.1) is 0 Å². The van der Waals surface area contributed by atoms with Crippen LogP contribution in [0, 0.1) is 6.92 Å². The van der Waals surface area contributed by atoms with Gasteiger partial charge in [0.15, 0.2) is 0 Å². The van der Waals surface area contributed by atoms with E-state index in [0.717, 1.165) is 18.7 Å². The molecule has 0 saturated heterocycles. The molecule has 0 bridgehead atoms. The van der Waals surface area contributed by atoms with Gasteiger partial charge in [-0.25, -0.2) is 4.98 Å². The molecule has 90 valence electrons. The molecule has 1 aliphatic rings. The summed E-state index contributed by atoms with van der Waals surface area (Å²) in [6.45, 7) is 3.33. The number of fused-ring (bicyclic) bond motifs is 1. The van der Waals surface area contributed by atoms with Gasteiger partial charge in [0.2, 0.25) is 0 Å². The Morgan fingerprint density at radius 1 is 1.44 bits per heavy atom. The predicted molar refractivity (Wildman–Crippen MR) is 63.5 cm³/mol. The molecule has 4 heteroatoms. The molecular formula is C12H21N3O. The fourth-order valence-electron chi connectivity index (χ4n) is 2.49. The fraction of sp³-hybridized carbons (Fsp3) is 0.750. The maximum atomic E-state index is 9.84. The van der Waals surface area contributed by atoms with E-state index in [1.54, 1.807) is 0 Å². The lowest BCUT2D eigenvalue weighted by molar-refractivity contribution is 0.152. The Balaban J connectivity index is 2.16. The highest BCUT2D eigenvalue weighted by atomic mass is 16.3. The quantitative estimate of drug-likeness (QED) is 0.788. The number of likely N-dealkylation sites (N-methyl/N-ethyl adjacent to an activating group) is 1. The molecule has 4 nitrogen and oxygen atoms in total. The van der Waals surface area contributed by atoms with Crippen molar-refractivity contribution in [2.75, 3.05) is 13.6 Å². The zero-order valence-corrected chi connectivity index (χ0v) is 10.2. The Labute approximate surface area is 96.7 Å². The SMILES string of the molecule is CNCC(O)Cn1c(C)nc2c1CCCC2. The van der Waals surface area contributed by atoms with Gasteiger partial charge in [0.05, 0.1) is 18.3 Å². The van der Waals surface area contributed by atoms with Gasteiger partial charge < -0.3 is 15.0 Å². The summed E-state index contributed by atoms with van der Waals surface area (Å²) in [7, 11) is 1.86. The van der Waals surface area contributed by atoms with Crippen LogP contribution in [0.25, 0.3) is 0 Å². The number of nitrogens with zero attached hydrogens (tertiary/aromatic N) is 2. The first-order chi connectivity index (χ1) is 7.72. The van der Waals surface area contributed by atoms with Crippen molar-refractivity contribution in [3.63, 3.8) is 0 Å². The van der Waals surface area contributed by atoms with Crippen LogP contribution in [0.5, 0.6) is 0 Å². The second kappa shape index (κ2) is 4.97. The number of hydrogen-bond donors (Lipinski definition) is 2. The third-order valence-corrected chi connectivity index (χ3v) is 3.26. The van der Waals surface area contributed by atoms with Crippen LogP contribution in [0.3, 0.4) is 0 Å². The number of aliphatic hydroxyl groups is 1. The van der Waals surface area contributed by atoms with Crippen molar-refractivity contribution in [3.8, 4) is 0 Å². The molecule has 1 atom stereocenters. The molecule has 0 amide bonds. The first kappa shape index (κ1) is 11.6. The molecule has 16 heavy (non-hydrogen) atoms. The van der Waals surface area contributed by atoms with Crippen LogP contribution in [-0.2, 0) is 19.4 Å². The number of nitrogens with one attached hydrogen (secondary N) is 1. The summed E-state index contributed by atoms with van der Waals surface area (Å²) in [5.41, 5.74) is 2.60. The molecule has 1 unspecified atom stereocenters. The molecule has 1 aromatic rings. The maximum Gasteiger partial charge on any atom is 0.106 e. The van der Waals surface area contributed by atoms with Crippen LogP contribution in [0.15, 0.2) is 0 Å². The smallest absolute Gasteiger partial charge is 0.106 e. The van der Waals surface area contributed by atoms with Crippen LogP contribution in [-0.4, -0.2) is 34.4 Å². The number of aliphatic hydroxyl groups excluding tert-OH is 1. The van der Waals surface area contributed by atoms with E-state index in [9.17, 15) is 5.11 Å². The van der Waals surface area contributed by atoms with Crippen molar-refractivity contribution in [3.05, 3.63) is 17.2 Å². The number of hydrogen-bond acceptors (Lipinski definition) is 3. The lowest BCUT2D eigenvalue weighted by atomic mass is 10.0. The van der Waals surface area contributed by atoms with Gasteiger partial charge in [-0.05, 0) is 39.7 Å². The summed E-state index contributed by atoms with van der Waals surface area (Å²) in [5, 5.41) is 12.8. The largest absolute Gasteiger partial charge is 0.390 e. The molecule has 0 spiro atoms. The minimum atomic E-state index is -0.330. The van der Waals surface area contributed by atoms with Gasteiger partial charge in [-0.1, -0.05) is 0 Å². The summed E-state index contributed by atoms with van der Waals surface area (Å²) in [5.74, 6) is 1.04. The predicted octanol–water partition coefficient (Wildman–Crippen LogP) is 0.651. The normalized spacial score (nSPS) is 17.2. The minimum absolute atomic E-state index is 0.330. The maximum absolute atomic E-state index is 9.84. The number of rotatable bonds is 4. The van der Waals surface area contributed by atoms with Gasteiger partial charge in [0.25, 0.3) is 0 Å². The van der Waals surface area contributed by atoms with E-state index in [2.05, 4.69) is 14.9 Å². The summed E-state index contributed by atoms with van der Waals surface area (Å²) >= 11 is 0.